The molecule has 0 radical (unpaired) electrons. The molecule has 1 aromatic heterocycles. The summed E-state index contributed by atoms with van der Waals surface area (Å²) in [4.78, 5) is 15.3. The Hall–Kier alpha value is -3.04. The number of sulfone groups is 1. The van der Waals surface area contributed by atoms with E-state index in [1.807, 2.05) is 60.8 Å². The van der Waals surface area contributed by atoms with Crippen molar-refractivity contribution in [1.82, 2.24) is 14.7 Å². The molecule has 2 aromatic carbocycles. The molecule has 2 atom stereocenters. The van der Waals surface area contributed by atoms with Gasteiger partial charge in [0.25, 0.3) is 0 Å². The van der Waals surface area contributed by atoms with Crippen molar-refractivity contribution in [3.8, 4) is 0 Å². The van der Waals surface area contributed by atoms with Crippen LogP contribution in [-0.4, -0.2) is 47.6 Å². The minimum atomic E-state index is -3.03. The summed E-state index contributed by atoms with van der Waals surface area (Å²) in [6.45, 7) is 4.31. The van der Waals surface area contributed by atoms with Crippen LogP contribution in [0, 0.1) is 19.7 Å². The lowest BCUT2D eigenvalue weighted by Gasteiger charge is -2.28. The lowest BCUT2D eigenvalue weighted by atomic mass is 10.0. The second-order valence-electron chi connectivity index (χ2n) is 8.88. The molecule has 1 aliphatic rings. The van der Waals surface area contributed by atoms with Gasteiger partial charge < -0.3 is 5.32 Å². The predicted octanol–water partition coefficient (Wildman–Crippen LogP) is 3.81. The Morgan fingerprint density at radius 1 is 1.18 bits per heavy atom. The fraction of sp³-hybridized carbons (Fsp3) is 0.360. The van der Waals surface area contributed by atoms with Gasteiger partial charge in [0, 0.05) is 23.5 Å². The second kappa shape index (κ2) is 9.68. The summed E-state index contributed by atoms with van der Waals surface area (Å²) >= 11 is 0. The number of aryl methyl sites for hydroxylation is 1. The molecule has 180 valence electrons. The number of carbonyl (C=O) groups is 1. The Morgan fingerprint density at radius 3 is 2.47 bits per heavy atom. The van der Waals surface area contributed by atoms with Crippen LogP contribution in [0.2, 0.25) is 0 Å². The number of rotatable bonds is 7. The third kappa shape index (κ3) is 5.20. The Bertz CT molecular complexity index is 1270. The molecule has 34 heavy (non-hydrogen) atoms. The maximum atomic E-state index is 13.4. The Labute approximate surface area is 199 Å². The number of hydrogen-bond donors (Lipinski definition) is 1. The SMILES string of the molecule is Cc1nn([C@H]2CCS(=O)(=O)C2)c(C)c1CN(C)[C@H](C(=O)Nc1ccc(F)cc1)c1ccccc1. The summed E-state index contributed by atoms with van der Waals surface area (Å²) in [6, 6.07) is 14.4. The van der Waals surface area contributed by atoms with Crippen LogP contribution in [0.25, 0.3) is 0 Å². The van der Waals surface area contributed by atoms with Crippen molar-refractivity contribution >= 4 is 21.4 Å². The predicted molar refractivity (Wildman–Crippen MR) is 130 cm³/mol. The third-order valence-corrected chi connectivity index (χ3v) is 8.10. The minimum Gasteiger partial charge on any atom is -0.324 e. The van der Waals surface area contributed by atoms with Crippen LogP contribution in [0.4, 0.5) is 10.1 Å². The number of anilines is 1. The van der Waals surface area contributed by atoms with Crippen LogP contribution < -0.4 is 5.32 Å². The number of carbonyl (C=O) groups excluding carboxylic acids is 1. The summed E-state index contributed by atoms with van der Waals surface area (Å²) < 4.78 is 39.1. The lowest BCUT2D eigenvalue weighted by Crippen LogP contribution is -2.34. The summed E-state index contributed by atoms with van der Waals surface area (Å²) in [5.41, 5.74) is 4.05. The molecule has 1 amide bonds. The highest BCUT2D eigenvalue weighted by atomic mass is 32.2. The number of hydrogen-bond acceptors (Lipinski definition) is 5. The van der Waals surface area contributed by atoms with Crippen LogP contribution in [0.3, 0.4) is 0 Å². The highest BCUT2D eigenvalue weighted by molar-refractivity contribution is 7.91. The fourth-order valence-electron chi connectivity index (χ4n) is 4.58. The number of likely N-dealkylation sites (N-methyl/N-ethyl adjacent to an activating group) is 1. The number of aromatic nitrogens is 2. The smallest absolute Gasteiger partial charge is 0.246 e. The van der Waals surface area contributed by atoms with Gasteiger partial charge in [-0.15, -0.1) is 0 Å². The molecule has 3 aromatic rings. The van der Waals surface area contributed by atoms with E-state index in [9.17, 15) is 17.6 Å². The first-order valence-electron chi connectivity index (χ1n) is 11.2. The van der Waals surface area contributed by atoms with E-state index in [-0.39, 0.29) is 29.3 Å². The van der Waals surface area contributed by atoms with Gasteiger partial charge in [-0.25, -0.2) is 12.8 Å². The van der Waals surface area contributed by atoms with Crippen molar-refractivity contribution in [1.29, 1.82) is 0 Å². The molecule has 2 heterocycles. The van der Waals surface area contributed by atoms with Crippen LogP contribution in [0.1, 0.15) is 41.0 Å². The molecule has 0 unspecified atom stereocenters. The third-order valence-electron chi connectivity index (χ3n) is 6.35. The van der Waals surface area contributed by atoms with Crippen LogP contribution in [0.15, 0.2) is 54.6 Å². The molecule has 0 saturated carbocycles. The first-order chi connectivity index (χ1) is 16.1. The number of amides is 1. The molecular formula is C25H29FN4O3S. The van der Waals surface area contributed by atoms with E-state index in [4.69, 9.17) is 0 Å². The highest BCUT2D eigenvalue weighted by Gasteiger charge is 2.32. The zero-order chi connectivity index (χ0) is 24.5. The molecule has 4 rings (SSSR count). The van der Waals surface area contributed by atoms with Crippen LogP contribution in [-0.2, 0) is 21.2 Å². The first kappa shape index (κ1) is 24.1. The lowest BCUT2D eigenvalue weighted by molar-refractivity contribution is -0.121. The van der Waals surface area contributed by atoms with Crippen molar-refractivity contribution in [2.75, 3.05) is 23.9 Å². The minimum absolute atomic E-state index is 0.108. The van der Waals surface area contributed by atoms with Crippen molar-refractivity contribution < 1.29 is 17.6 Å². The van der Waals surface area contributed by atoms with Gasteiger partial charge >= 0.3 is 0 Å². The summed E-state index contributed by atoms with van der Waals surface area (Å²) in [5.74, 6) is -0.306. The highest BCUT2D eigenvalue weighted by Crippen LogP contribution is 2.29. The Morgan fingerprint density at radius 2 is 1.85 bits per heavy atom. The Balaban J connectivity index is 1.59. The molecule has 0 aliphatic carbocycles. The van der Waals surface area contributed by atoms with Crippen molar-refractivity contribution in [2.24, 2.45) is 0 Å². The second-order valence-corrected chi connectivity index (χ2v) is 11.1. The van der Waals surface area contributed by atoms with Crippen molar-refractivity contribution in [3.63, 3.8) is 0 Å². The van der Waals surface area contributed by atoms with Gasteiger partial charge in [0.1, 0.15) is 11.9 Å². The molecule has 1 fully saturated rings. The van der Waals surface area contributed by atoms with E-state index in [2.05, 4.69) is 10.4 Å². The molecule has 1 N–H and O–H groups in total. The normalized spacial score (nSPS) is 18.2. The topological polar surface area (TPSA) is 84.3 Å². The molecule has 7 nitrogen and oxygen atoms in total. The van der Waals surface area contributed by atoms with E-state index in [1.165, 1.54) is 24.3 Å². The van der Waals surface area contributed by atoms with E-state index in [0.717, 1.165) is 22.5 Å². The van der Waals surface area contributed by atoms with E-state index in [1.54, 1.807) is 0 Å². The van der Waals surface area contributed by atoms with Crippen molar-refractivity contribution in [2.45, 2.75) is 38.9 Å². The summed E-state index contributed by atoms with van der Waals surface area (Å²) in [5, 5.41) is 7.54. The average Bonchev–Trinajstić information content (AvgIpc) is 3.29. The van der Waals surface area contributed by atoms with Gasteiger partial charge in [0.2, 0.25) is 5.91 Å². The molecule has 0 spiro atoms. The zero-order valence-corrected chi connectivity index (χ0v) is 20.3. The zero-order valence-electron chi connectivity index (χ0n) is 19.5. The summed E-state index contributed by atoms with van der Waals surface area (Å²) in [6.07, 6.45) is 0.562. The van der Waals surface area contributed by atoms with E-state index in [0.29, 0.717) is 18.7 Å². The Kier molecular flexibility index (Phi) is 6.86. The van der Waals surface area contributed by atoms with Crippen LogP contribution >= 0.6 is 0 Å². The average molecular weight is 485 g/mol. The number of halogens is 1. The molecule has 1 aliphatic heterocycles. The number of nitrogens with zero attached hydrogens (tertiary/aromatic N) is 3. The fourth-order valence-corrected chi connectivity index (χ4v) is 6.27. The van der Waals surface area contributed by atoms with E-state index < -0.39 is 15.9 Å². The first-order valence-corrected chi connectivity index (χ1v) is 13.0. The van der Waals surface area contributed by atoms with Crippen molar-refractivity contribution in [3.05, 3.63) is 82.9 Å². The van der Waals surface area contributed by atoms with Gasteiger partial charge in [-0.2, -0.15) is 5.10 Å². The number of benzene rings is 2. The monoisotopic (exact) mass is 484 g/mol. The molecule has 0 bridgehead atoms. The van der Waals surface area contributed by atoms with Gasteiger partial charge in [0.15, 0.2) is 9.84 Å². The molecular weight excluding hydrogens is 455 g/mol. The van der Waals surface area contributed by atoms with Gasteiger partial charge in [-0.1, -0.05) is 30.3 Å². The van der Waals surface area contributed by atoms with Gasteiger partial charge in [-0.05, 0) is 57.1 Å². The maximum Gasteiger partial charge on any atom is 0.246 e. The van der Waals surface area contributed by atoms with Crippen LogP contribution in [0.5, 0.6) is 0 Å². The maximum absolute atomic E-state index is 13.4. The number of nitrogens with one attached hydrogen (secondary N) is 1. The standard InChI is InChI=1S/C25H29FN4O3S/c1-17-23(18(2)30(28-17)22-13-14-34(32,33)16-22)15-29(3)24(19-7-5-4-6-8-19)25(31)27-21-11-9-20(26)10-12-21/h4-12,22,24H,13-16H2,1-3H3,(H,27,31)/t22-,24-/m0/s1. The summed E-state index contributed by atoms with van der Waals surface area (Å²) in [7, 11) is -1.15. The van der Waals surface area contributed by atoms with Gasteiger partial charge in [0.05, 0.1) is 23.2 Å². The quantitative estimate of drug-likeness (QED) is 0.551. The molecule has 9 heteroatoms. The van der Waals surface area contributed by atoms with Gasteiger partial charge in [-0.3, -0.25) is 14.4 Å². The van der Waals surface area contributed by atoms with E-state index >= 15 is 0 Å². The largest absolute Gasteiger partial charge is 0.324 e. The molecule has 1 saturated heterocycles.